The molecule has 1 heterocycles. The van der Waals surface area contributed by atoms with Gasteiger partial charge in [-0.15, -0.1) is 0 Å². The first kappa shape index (κ1) is 46.4. The van der Waals surface area contributed by atoms with Crippen LogP contribution < -0.4 is 15.2 Å². The molecular formula is C53H62N2O8. The van der Waals surface area contributed by atoms with Gasteiger partial charge in [-0.3, -0.25) is 14.4 Å². The second kappa shape index (κ2) is 22.3. The first-order valence-corrected chi connectivity index (χ1v) is 22.1. The summed E-state index contributed by atoms with van der Waals surface area (Å²) in [6.07, 6.45) is 9.55. The summed E-state index contributed by atoms with van der Waals surface area (Å²) in [5.41, 5.74) is 12.4. The summed E-state index contributed by atoms with van der Waals surface area (Å²) in [7, 11) is 0. The smallest absolute Gasteiger partial charge is 0.306 e. The Kier molecular flexibility index (Phi) is 16.4. The van der Waals surface area contributed by atoms with Gasteiger partial charge in [0.05, 0.1) is 13.2 Å². The van der Waals surface area contributed by atoms with Crippen molar-refractivity contribution in [3.8, 4) is 11.5 Å². The Bertz CT molecular complexity index is 2240. The van der Waals surface area contributed by atoms with E-state index >= 15 is 0 Å². The van der Waals surface area contributed by atoms with E-state index in [1.807, 2.05) is 43.3 Å². The Hall–Kier alpha value is -6.13. The fourth-order valence-electron chi connectivity index (χ4n) is 8.23. The van der Waals surface area contributed by atoms with Gasteiger partial charge >= 0.3 is 5.97 Å². The molecule has 4 aromatic carbocycles. The molecule has 10 heteroatoms. The summed E-state index contributed by atoms with van der Waals surface area (Å²) in [4.78, 5) is 39.2. The van der Waals surface area contributed by atoms with Gasteiger partial charge in [0.2, 0.25) is 5.91 Å². The number of amides is 2. The van der Waals surface area contributed by atoms with Crippen LogP contribution in [-0.4, -0.2) is 60.8 Å². The average Bonchev–Trinajstić information content (AvgIpc) is 3.59. The van der Waals surface area contributed by atoms with Crippen molar-refractivity contribution in [2.45, 2.75) is 103 Å². The van der Waals surface area contributed by atoms with Crippen LogP contribution >= 0.6 is 0 Å². The number of nitrogens with zero attached hydrogens (tertiary/aromatic N) is 1. The lowest BCUT2D eigenvalue weighted by Gasteiger charge is -2.35. The van der Waals surface area contributed by atoms with Crippen molar-refractivity contribution < 1.29 is 38.1 Å². The summed E-state index contributed by atoms with van der Waals surface area (Å²) in [6, 6.07) is 31.8. The van der Waals surface area contributed by atoms with Crippen LogP contribution in [0.1, 0.15) is 110 Å². The fraction of sp³-hybridized carbons (Fsp3) is 0.377. The molecule has 0 fully saturated rings. The second-order valence-corrected chi connectivity index (χ2v) is 17.1. The van der Waals surface area contributed by atoms with Gasteiger partial charge in [-0.05, 0) is 129 Å². The summed E-state index contributed by atoms with van der Waals surface area (Å²) >= 11 is 0. The molecule has 332 valence electrons. The molecule has 1 aliphatic carbocycles. The maximum absolute atomic E-state index is 13.2. The van der Waals surface area contributed by atoms with E-state index in [1.54, 1.807) is 32.9 Å². The molecule has 0 unspecified atom stereocenters. The van der Waals surface area contributed by atoms with Crippen molar-refractivity contribution in [1.82, 2.24) is 4.90 Å². The van der Waals surface area contributed by atoms with Crippen molar-refractivity contribution in [3.05, 3.63) is 167 Å². The highest BCUT2D eigenvalue weighted by molar-refractivity contribution is 6.01. The molecule has 2 amide bonds. The molecule has 2 aliphatic rings. The van der Waals surface area contributed by atoms with Crippen molar-refractivity contribution in [2.75, 3.05) is 26.4 Å². The molecule has 4 aromatic rings. The molecule has 63 heavy (non-hydrogen) atoms. The van der Waals surface area contributed by atoms with Crippen molar-refractivity contribution in [2.24, 2.45) is 5.73 Å². The quantitative estimate of drug-likeness (QED) is 0.0359. The predicted octanol–water partition coefficient (Wildman–Crippen LogP) is 9.92. The highest BCUT2D eigenvalue weighted by Gasteiger charge is 2.36. The van der Waals surface area contributed by atoms with E-state index in [9.17, 15) is 14.4 Å². The molecule has 0 aromatic heterocycles. The minimum atomic E-state index is -0.926. The van der Waals surface area contributed by atoms with E-state index in [4.69, 9.17) is 29.4 Å². The van der Waals surface area contributed by atoms with E-state index in [1.165, 1.54) is 21.6 Å². The lowest BCUT2D eigenvalue weighted by atomic mass is 9.69. The second-order valence-electron chi connectivity index (χ2n) is 17.1. The minimum absolute atomic E-state index is 0.0271. The van der Waals surface area contributed by atoms with Crippen LogP contribution in [0.4, 0.5) is 0 Å². The number of aryl methyl sites for hydroxylation is 1. The highest BCUT2D eigenvalue weighted by Crippen LogP contribution is 2.47. The molecule has 6 rings (SSSR count). The zero-order valence-corrected chi connectivity index (χ0v) is 37.2. The summed E-state index contributed by atoms with van der Waals surface area (Å²) in [5.74, 6) is 1.31. The number of hydrogen-bond acceptors (Lipinski definition) is 8. The molecule has 0 bridgehead atoms. The van der Waals surface area contributed by atoms with Gasteiger partial charge in [-0.25, -0.2) is 0 Å². The number of primary amides is 1. The molecule has 10 nitrogen and oxygen atoms in total. The largest absolute Gasteiger partial charge is 0.494 e. The van der Waals surface area contributed by atoms with Crippen LogP contribution in [0, 0.1) is 0 Å². The molecular weight excluding hydrogens is 793 g/mol. The number of benzene rings is 4. The van der Waals surface area contributed by atoms with Crippen molar-refractivity contribution in [1.29, 1.82) is 0 Å². The number of carbonyl (C=O) groups is 3. The van der Waals surface area contributed by atoms with Crippen molar-refractivity contribution >= 4 is 17.8 Å². The van der Waals surface area contributed by atoms with Gasteiger partial charge in [0.1, 0.15) is 35.5 Å². The number of allylic oxidation sites excluding steroid dienone is 4. The standard InChI is InChI=1S/C53H62N2O8/c1-6-42(21-19-37(2)50-45(39-17-11-8-12-18-39)24-20-40-33-44(22-25-46(40)50)62-36-38-15-9-7-10-16-38)60-31-13-29-59-30-14-32-61-43-23-26-47-41(34-43)35-55(52(47)58)48(51(54)57)27-28-49(56)63-53(3,4)5/h6-12,15-19,21-23,25-26,33-34,45,48,50H,2,13-14,20,24,27-32,35-36H2,1,3-5H3,(H2,54,57)/b21-19-,42-6+/t45-,48+,50+/m1/s1. The third-order valence-electron chi connectivity index (χ3n) is 11.3. The maximum atomic E-state index is 13.2. The van der Waals surface area contributed by atoms with Crippen LogP contribution in [0.25, 0.3) is 0 Å². The Morgan fingerprint density at radius 2 is 1.54 bits per heavy atom. The third-order valence-corrected chi connectivity index (χ3v) is 11.3. The van der Waals surface area contributed by atoms with E-state index in [2.05, 4.69) is 73.3 Å². The maximum Gasteiger partial charge on any atom is 0.306 e. The molecule has 0 spiro atoms. The number of carbonyl (C=O) groups excluding carboxylic acids is 3. The zero-order valence-electron chi connectivity index (χ0n) is 37.2. The molecule has 3 atom stereocenters. The van der Waals surface area contributed by atoms with Gasteiger partial charge in [0, 0.05) is 50.5 Å². The number of ether oxygens (including phenoxy) is 5. The molecule has 0 saturated heterocycles. The van der Waals surface area contributed by atoms with Crippen LogP contribution in [0.2, 0.25) is 0 Å². The van der Waals surface area contributed by atoms with E-state index in [0.29, 0.717) is 56.7 Å². The van der Waals surface area contributed by atoms with E-state index in [0.717, 1.165) is 47.5 Å². The first-order chi connectivity index (χ1) is 30.4. The molecule has 2 N–H and O–H groups in total. The summed E-state index contributed by atoms with van der Waals surface area (Å²) in [5, 5.41) is 0. The average molecular weight is 855 g/mol. The van der Waals surface area contributed by atoms with Crippen LogP contribution in [0.3, 0.4) is 0 Å². The zero-order chi connectivity index (χ0) is 44.8. The number of rotatable bonds is 22. The third kappa shape index (κ3) is 13.2. The van der Waals surface area contributed by atoms with Crippen LogP contribution in [-0.2, 0) is 43.4 Å². The van der Waals surface area contributed by atoms with E-state index < -0.39 is 23.5 Å². The van der Waals surface area contributed by atoms with Gasteiger partial charge in [-0.2, -0.15) is 0 Å². The SMILES string of the molecule is C=C(/C=C\C(=C/C)OCCCOCCCOc1ccc2c(c1)CN([C@@H](CCC(=O)OC(C)(C)C)C(N)=O)C2=O)[C@@H]1c2ccc(OCc3ccccc3)cc2CC[C@@H]1c1ccccc1. The minimum Gasteiger partial charge on any atom is -0.494 e. The number of nitrogens with two attached hydrogens (primary N) is 1. The topological polar surface area (TPSA) is 127 Å². The monoisotopic (exact) mass is 854 g/mol. The Balaban J connectivity index is 0.920. The summed E-state index contributed by atoms with van der Waals surface area (Å²) in [6.45, 7) is 14.7. The predicted molar refractivity (Wildman–Crippen MR) is 245 cm³/mol. The Morgan fingerprint density at radius 3 is 2.25 bits per heavy atom. The summed E-state index contributed by atoms with van der Waals surface area (Å²) < 4.78 is 29.5. The highest BCUT2D eigenvalue weighted by atomic mass is 16.6. The van der Waals surface area contributed by atoms with Gasteiger partial charge in [-0.1, -0.05) is 79.4 Å². The van der Waals surface area contributed by atoms with Gasteiger partial charge in [0.25, 0.3) is 5.91 Å². The Morgan fingerprint density at radius 1 is 0.857 bits per heavy atom. The molecule has 0 saturated carbocycles. The normalized spacial score (nSPS) is 16.6. The van der Waals surface area contributed by atoms with Gasteiger partial charge in [0.15, 0.2) is 0 Å². The number of esters is 1. The molecule has 0 radical (unpaired) electrons. The number of fused-ring (bicyclic) bond motifs is 2. The fourth-order valence-corrected chi connectivity index (χ4v) is 8.23. The molecule has 1 aliphatic heterocycles. The first-order valence-electron chi connectivity index (χ1n) is 22.1. The number of hydrogen-bond donors (Lipinski definition) is 1. The Labute approximate surface area is 372 Å². The van der Waals surface area contributed by atoms with Crippen LogP contribution in [0.15, 0.2) is 133 Å². The lowest BCUT2D eigenvalue weighted by molar-refractivity contribution is -0.155. The lowest BCUT2D eigenvalue weighted by Crippen LogP contribution is -2.45. The van der Waals surface area contributed by atoms with E-state index in [-0.39, 0.29) is 31.2 Å². The van der Waals surface area contributed by atoms with Gasteiger partial charge < -0.3 is 34.3 Å². The van der Waals surface area contributed by atoms with Crippen molar-refractivity contribution in [3.63, 3.8) is 0 Å². The van der Waals surface area contributed by atoms with Crippen LogP contribution in [0.5, 0.6) is 11.5 Å².